The number of esters is 1. The maximum atomic E-state index is 12.2. The monoisotopic (exact) mass is 288 g/mol. The number of methoxy groups -OCH3 is 2. The lowest BCUT2D eigenvalue weighted by Crippen LogP contribution is -2.11. The molecule has 0 bridgehead atoms. The molecule has 0 aliphatic rings. The van der Waals surface area contributed by atoms with Crippen LogP contribution in [0.15, 0.2) is 42.5 Å². The summed E-state index contributed by atoms with van der Waals surface area (Å²) in [5.41, 5.74) is 1.16. The van der Waals surface area contributed by atoms with Crippen LogP contribution < -0.4 is 9.47 Å². The Hall–Kier alpha value is -2.53. The number of hydrogen-bond donors (Lipinski definition) is 1. The molecule has 21 heavy (non-hydrogen) atoms. The zero-order valence-electron chi connectivity index (χ0n) is 11.8. The van der Waals surface area contributed by atoms with Gasteiger partial charge in [0, 0.05) is 13.2 Å². The fourth-order valence-corrected chi connectivity index (χ4v) is 1.90. The number of benzene rings is 2. The van der Waals surface area contributed by atoms with Gasteiger partial charge in [-0.2, -0.15) is 0 Å². The van der Waals surface area contributed by atoms with Crippen LogP contribution in [0, 0.1) is 0 Å². The first kappa shape index (κ1) is 14.9. The minimum Gasteiger partial charge on any atom is -0.504 e. The zero-order valence-corrected chi connectivity index (χ0v) is 11.8. The van der Waals surface area contributed by atoms with Crippen molar-refractivity contribution in [2.24, 2.45) is 0 Å². The third-order valence-corrected chi connectivity index (χ3v) is 2.90. The van der Waals surface area contributed by atoms with Crippen molar-refractivity contribution in [2.75, 3.05) is 14.2 Å². The highest BCUT2D eigenvalue weighted by Crippen LogP contribution is 2.30. The summed E-state index contributed by atoms with van der Waals surface area (Å²) in [6.07, 6.45) is 0. The van der Waals surface area contributed by atoms with Crippen molar-refractivity contribution in [1.29, 1.82) is 0 Å². The van der Waals surface area contributed by atoms with E-state index >= 15 is 0 Å². The van der Waals surface area contributed by atoms with Crippen LogP contribution in [0.3, 0.4) is 0 Å². The van der Waals surface area contributed by atoms with Gasteiger partial charge in [0.2, 0.25) is 0 Å². The van der Waals surface area contributed by atoms with E-state index in [2.05, 4.69) is 0 Å². The lowest BCUT2D eigenvalue weighted by molar-refractivity contribution is 0.0729. The molecule has 2 aromatic carbocycles. The first-order valence-corrected chi connectivity index (χ1v) is 6.31. The lowest BCUT2D eigenvalue weighted by atomic mass is 10.1. The molecule has 0 saturated heterocycles. The average Bonchev–Trinajstić information content (AvgIpc) is 2.48. The van der Waals surface area contributed by atoms with Gasteiger partial charge in [-0.1, -0.05) is 18.2 Å². The topological polar surface area (TPSA) is 65.0 Å². The Bertz CT molecular complexity index is 636. The van der Waals surface area contributed by atoms with Crippen LogP contribution in [-0.4, -0.2) is 25.3 Å². The minimum atomic E-state index is -0.507. The standard InChI is InChI=1S/C16H16O5/c1-19-10-11-5-3-4-6-13(11)16(18)21-12-7-8-15(20-2)14(17)9-12/h3-9,17H,10H2,1-2H3. The molecule has 0 aliphatic carbocycles. The van der Waals surface area contributed by atoms with Crippen LogP contribution >= 0.6 is 0 Å². The quantitative estimate of drug-likeness (QED) is 0.677. The summed E-state index contributed by atoms with van der Waals surface area (Å²) in [6, 6.07) is 11.4. The van der Waals surface area contributed by atoms with Gasteiger partial charge in [-0.05, 0) is 23.8 Å². The molecule has 0 fully saturated rings. The van der Waals surface area contributed by atoms with E-state index in [9.17, 15) is 9.90 Å². The summed E-state index contributed by atoms with van der Waals surface area (Å²) >= 11 is 0. The second-order valence-corrected chi connectivity index (χ2v) is 4.31. The maximum absolute atomic E-state index is 12.2. The molecular weight excluding hydrogens is 272 g/mol. The molecule has 0 unspecified atom stereocenters. The van der Waals surface area contributed by atoms with Crippen molar-refractivity contribution < 1.29 is 24.1 Å². The Morgan fingerprint density at radius 3 is 2.57 bits per heavy atom. The second kappa shape index (κ2) is 6.76. The van der Waals surface area contributed by atoms with Crippen LogP contribution in [0.2, 0.25) is 0 Å². The molecule has 2 rings (SSSR count). The summed E-state index contributed by atoms with van der Waals surface area (Å²) in [7, 11) is 3.01. The van der Waals surface area contributed by atoms with Gasteiger partial charge in [0.25, 0.3) is 0 Å². The van der Waals surface area contributed by atoms with Crippen LogP contribution in [0.25, 0.3) is 0 Å². The van der Waals surface area contributed by atoms with Crippen LogP contribution in [0.1, 0.15) is 15.9 Å². The molecule has 0 atom stereocenters. The van der Waals surface area contributed by atoms with Crippen LogP contribution in [0.5, 0.6) is 17.2 Å². The normalized spacial score (nSPS) is 10.2. The first-order valence-electron chi connectivity index (χ1n) is 6.31. The Morgan fingerprint density at radius 1 is 1.14 bits per heavy atom. The highest BCUT2D eigenvalue weighted by Gasteiger charge is 2.14. The molecule has 110 valence electrons. The number of ether oxygens (including phenoxy) is 3. The Kier molecular flexibility index (Phi) is 4.79. The third kappa shape index (κ3) is 3.52. The molecule has 5 nitrogen and oxygen atoms in total. The van der Waals surface area contributed by atoms with Gasteiger partial charge >= 0.3 is 5.97 Å². The van der Waals surface area contributed by atoms with Gasteiger partial charge in [-0.3, -0.25) is 0 Å². The molecule has 0 aromatic heterocycles. The first-order chi connectivity index (χ1) is 10.2. The lowest BCUT2D eigenvalue weighted by Gasteiger charge is -2.10. The third-order valence-electron chi connectivity index (χ3n) is 2.90. The summed E-state index contributed by atoms with van der Waals surface area (Å²) in [6.45, 7) is 0.319. The van der Waals surface area contributed by atoms with E-state index in [1.165, 1.54) is 19.2 Å². The van der Waals surface area contributed by atoms with Gasteiger partial charge in [0.15, 0.2) is 11.5 Å². The Balaban J connectivity index is 2.20. The smallest absolute Gasteiger partial charge is 0.343 e. The number of hydrogen-bond acceptors (Lipinski definition) is 5. The van der Waals surface area contributed by atoms with Gasteiger partial charge < -0.3 is 19.3 Å². The maximum Gasteiger partial charge on any atom is 0.343 e. The Labute approximate surface area is 122 Å². The van der Waals surface area contributed by atoms with Crippen LogP contribution in [-0.2, 0) is 11.3 Å². The SMILES string of the molecule is COCc1ccccc1C(=O)Oc1ccc(OC)c(O)c1. The molecule has 2 aromatic rings. The van der Waals surface area contributed by atoms with E-state index in [0.29, 0.717) is 17.9 Å². The number of aromatic hydroxyl groups is 1. The summed E-state index contributed by atoms with van der Waals surface area (Å²) < 4.78 is 15.2. The summed E-state index contributed by atoms with van der Waals surface area (Å²) in [5, 5.41) is 9.68. The van der Waals surface area contributed by atoms with Gasteiger partial charge in [0.05, 0.1) is 19.3 Å². The number of carbonyl (C=O) groups is 1. The molecule has 0 aliphatic heterocycles. The fourth-order valence-electron chi connectivity index (χ4n) is 1.90. The van der Waals surface area contributed by atoms with E-state index in [0.717, 1.165) is 5.56 Å². The molecule has 0 radical (unpaired) electrons. The number of phenolic OH excluding ortho intramolecular Hbond substituents is 1. The van der Waals surface area contributed by atoms with E-state index in [1.807, 2.05) is 6.07 Å². The van der Waals surface area contributed by atoms with Crippen molar-refractivity contribution in [3.05, 3.63) is 53.6 Å². The van der Waals surface area contributed by atoms with Crippen molar-refractivity contribution >= 4 is 5.97 Å². The minimum absolute atomic E-state index is 0.0898. The van der Waals surface area contributed by atoms with Crippen molar-refractivity contribution in [3.63, 3.8) is 0 Å². The van der Waals surface area contributed by atoms with E-state index < -0.39 is 5.97 Å². The van der Waals surface area contributed by atoms with E-state index in [1.54, 1.807) is 31.4 Å². The van der Waals surface area contributed by atoms with Gasteiger partial charge in [0.1, 0.15) is 5.75 Å². The predicted molar refractivity (Wildman–Crippen MR) is 76.8 cm³/mol. The highest BCUT2D eigenvalue weighted by atomic mass is 16.5. The number of rotatable bonds is 5. The molecule has 0 amide bonds. The molecule has 0 saturated carbocycles. The summed E-state index contributed by atoms with van der Waals surface area (Å²) in [5.74, 6) is -0.0414. The second-order valence-electron chi connectivity index (χ2n) is 4.31. The number of carbonyl (C=O) groups excluding carboxylic acids is 1. The molecule has 0 spiro atoms. The summed E-state index contributed by atoms with van der Waals surface area (Å²) in [4.78, 5) is 12.2. The number of phenols is 1. The van der Waals surface area contributed by atoms with E-state index in [4.69, 9.17) is 14.2 Å². The fraction of sp³-hybridized carbons (Fsp3) is 0.188. The molecule has 5 heteroatoms. The zero-order chi connectivity index (χ0) is 15.2. The Morgan fingerprint density at radius 2 is 1.90 bits per heavy atom. The van der Waals surface area contributed by atoms with Gasteiger partial charge in [-0.15, -0.1) is 0 Å². The van der Waals surface area contributed by atoms with Crippen LogP contribution in [0.4, 0.5) is 0 Å². The van der Waals surface area contributed by atoms with Crippen molar-refractivity contribution in [2.45, 2.75) is 6.61 Å². The highest BCUT2D eigenvalue weighted by molar-refractivity contribution is 5.92. The predicted octanol–water partition coefficient (Wildman–Crippen LogP) is 2.77. The van der Waals surface area contributed by atoms with Crippen molar-refractivity contribution in [3.8, 4) is 17.2 Å². The van der Waals surface area contributed by atoms with Gasteiger partial charge in [-0.25, -0.2) is 4.79 Å². The average molecular weight is 288 g/mol. The largest absolute Gasteiger partial charge is 0.504 e. The molecular formula is C16H16O5. The molecule has 1 N–H and O–H groups in total. The molecule has 0 heterocycles. The van der Waals surface area contributed by atoms with Crippen molar-refractivity contribution in [1.82, 2.24) is 0 Å². The van der Waals surface area contributed by atoms with E-state index in [-0.39, 0.29) is 11.5 Å².